The van der Waals surface area contributed by atoms with Crippen LogP contribution in [0.15, 0.2) is 53.5 Å². The van der Waals surface area contributed by atoms with E-state index in [1.807, 2.05) is 51.1 Å². The van der Waals surface area contributed by atoms with Crippen LogP contribution in [0.4, 0.5) is 8.78 Å². The Morgan fingerprint density at radius 3 is 2.39 bits per heavy atom. The summed E-state index contributed by atoms with van der Waals surface area (Å²) in [6, 6.07) is 12.6. The molecule has 1 unspecified atom stereocenters. The molecule has 4 nitrogen and oxygen atoms in total. The lowest BCUT2D eigenvalue weighted by Gasteiger charge is -2.30. The maximum atomic E-state index is 14.0. The van der Waals surface area contributed by atoms with Crippen LogP contribution in [0.5, 0.6) is 0 Å². The number of aliphatic imine (C=N–C) groups is 1. The Bertz CT molecular complexity index is 856. The van der Waals surface area contributed by atoms with Crippen LogP contribution in [0, 0.1) is 17.0 Å². The summed E-state index contributed by atoms with van der Waals surface area (Å²) < 4.78 is 33.7. The fourth-order valence-electron chi connectivity index (χ4n) is 3.15. The molecule has 1 aliphatic heterocycles. The van der Waals surface area contributed by atoms with Crippen molar-refractivity contribution < 1.29 is 18.3 Å². The number of rotatable bonds is 5. The number of carbonyl (C=O) groups excluding carboxylic acids is 1. The van der Waals surface area contributed by atoms with Crippen molar-refractivity contribution in [3.63, 3.8) is 0 Å². The van der Waals surface area contributed by atoms with Crippen LogP contribution >= 0.6 is 0 Å². The van der Waals surface area contributed by atoms with Crippen molar-refractivity contribution in [2.24, 2.45) is 10.4 Å². The molecule has 0 spiro atoms. The van der Waals surface area contributed by atoms with E-state index in [1.165, 1.54) is 6.07 Å². The summed E-state index contributed by atoms with van der Waals surface area (Å²) >= 11 is 0. The molecule has 0 aromatic heterocycles. The van der Waals surface area contributed by atoms with Crippen molar-refractivity contribution in [1.29, 1.82) is 0 Å². The molecule has 2 aromatic carbocycles. The van der Waals surface area contributed by atoms with Crippen molar-refractivity contribution in [2.75, 3.05) is 6.61 Å². The van der Waals surface area contributed by atoms with Gasteiger partial charge in [0.05, 0.1) is 6.04 Å². The summed E-state index contributed by atoms with van der Waals surface area (Å²) in [6.07, 6.45) is 0.719. The zero-order valence-corrected chi connectivity index (χ0v) is 16.2. The van der Waals surface area contributed by atoms with Crippen LogP contribution < -0.4 is 5.32 Å². The largest absolute Gasteiger partial charge is 0.477 e. The van der Waals surface area contributed by atoms with Crippen LogP contribution in [0.3, 0.4) is 0 Å². The van der Waals surface area contributed by atoms with Crippen molar-refractivity contribution in [2.45, 2.75) is 39.3 Å². The number of ether oxygens (including phenoxy) is 1. The Morgan fingerprint density at radius 1 is 1.14 bits per heavy atom. The van der Waals surface area contributed by atoms with Crippen LogP contribution in [-0.4, -0.2) is 30.5 Å². The minimum Gasteiger partial charge on any atom is -0.477 e. The lowest BCUT2D eigenvalue weighted by molar-refractivity contribution is 0.0908. The van der Waals surface area contributed by atoms with E-state index in [-0.39, 0.29) is 6.04 Å². The Morgan fingerprint density at radius 2 is 1.79 bits per heavy atom. The van der Waals surface area contributed by atoms with E-state index in [9.17, 15) is 13.6 Å². The highest BCUT2D eigenvalue weighted by Crippen LogP contribution is 2.25. The smallest absolute Gasteiger partial charge is 0.257 e. The van der Waals surface area contributed by atoms with Crippen LogP contribution in [0.2, 0.25) is 0 Å². The lowest BCUT2D eigenvalue weighted by atomic mass is 9.86. The summed E-state index contributed by atoms with van der Waals surface area (Å²) in [5.74, 6) is -2.24. The third kappa shape index (κ3) is 4.55. The Balaban J connectivity index is 1.79. The third-order valence-corrected chi connectivity index (χ3v) is 4.63. The molecular weight excluding hydrogens is 362 g/mol. The number of benzene rings is 2. The van der Waals surface area contributed by atoms with Crippen molar-refractivity contribution >= 4 is 11.8 Å². The van der Waals surface area contributed by atoms with Crippen molar-refractivity contribution in [3.8, 4) is 0 Å². The summed E-state index contributed by atoms with van der Waals surface area (Å²) in [7, 11) is 0. The van der Waals surface area contributed by atoms with Gasteiger partial charge < -0.3 is 10.1 Å². The molecule has 6 heteroatoms. The molecule has 0 radical (unpaired) electrons. The first-order valence-electron chi connectivity index (χ1n) is 9.25. The molecule has 1 N–H and O–H groups in total. The van der Waals surface area contributed by atoms with Crippen LogP contribution in [0.25, 0.3) is 0 Å². The first-order chi connectivity index (χ1) is 13.3. The quantitative estimate of drug-likeness (QED) is 0.839. The van der Waals surface area contributed by atoms with E-state index in [2.05, 4.69) is 10.3 Å². The van der Waals surface area contributed by atoms with Gasteiger partial charge in [0.15, 0.2) is 0 Å². The molecule has 0 fully saturated rings. The monoisotopic (exact) mass is 386 g/mol. The fourth-order valence-corrected chi connectivity index (χ4v) is 3.15. The summed E-state index contributed by atoms with van der Waals surface area (Å²) in [5, 5.41) is 2.71. The van der Waals surface area contributed by atoms with Crippen LogP contribution in [-0.2, 0) is 11.2 Å². The average molecular weight is 386 g/mol. The second-order valence-electron chi connectivity index (χ2n) is 7.99. The van der Waals surface area contributed by atoms with Crippen LogP contribution in [0.1, 0.15) is 36.7 Å². The van der Waals surface area contributed by atoms with Gasteiger partial charge in [0.1, 0.15) is 29.8 Å². The molecule has 28 heavy (non-hydrogen) atoms. The van der Waals surface area contributed by atoms with E-state index in [0.717, 1.165) is 24.1 Å². The zero-order valence-electron chi connectivity index (χ0n) is 16.2. The Kier molecular flexibility index (Phi) is 5.77. The van der Waals surface area contributed by atoms with Gasteiger partial charge >= 0.3 is 0 Å². The maximum absolute atomic E-state index is 14.0. The highest BCUT2D eigenvalue weighted by Gasteiger charge is 2.36. The van der Waals surface area contributed by atoms with E-state index in [1.54, 1.807) is 0 Å². The average Bonchev–Trinajstić information content (AvgIpc) is 3.07. The predicted molar refractivity (Wildman–Crippen MR) is 104 cm³/mol. The first-order valence-corrected chi connectivity index (χ1v) is 9.25. The second kappa shape index (κ2) is 8.09. The number of carbonyl (C=O) groups is 1. The minimum absolute atomic E-state index is 0.0654. The topological polar surface area (TPSA) is 50.7 Å². The number of nitrogens with zero attached hydrogens (tertiary/aromatic N) is 1. The number of amides is 1. The second-order valence-corrected chi connectivity index (χ2v) is 7.99. The molecule has 148 valence electrons. The van der Waals surface area contributed by atoms with Crippen molar-refractivity contribution in [1.82, 2.24) is 5.32 Å². The number of hydrogen-bond acceptors (Lipinski definition) is 3. The third-order valence-electron chi connectivity index (χ3n) is 4.63. The van der Waals surface area contributed by atoms with Gasteiger partial charge in [-0.05, 0) is 29.5 Å². The van der Waals surface area contributed by atoms with E-state index in [0.29, 0.717) is 12.5 Å². The summed E-state index contributed by atoms with van der Waals surface area (Å²) in [6.45, 7) is 6.13. The van der Waals surface area contributed by atoms with Gasteiger partial charge in [0.2, 0.25) is 5.90 Å². The summed E-state index contributed by atoms with van der Waals surface area (Å²) in [5.41, 5.74) is 0.0831. The minimum atomic E-state index is -0.901. The SMILES string of the molecule is CC(C)(C)C(NC(=O)c1c(F)cccc1F)C1=N[C@@H](Cc2ccccc2)CO1. The summed E-state index contributed by atoms with van der Waals surface area (Å²) in [4.78, 5) is 17.2. The van der Waals surface area contributed by atoms with Gasteiger partial charge in [-0.2, -0.15) is 0 Å². The molecule has 0 saturated heterocycles. The normalized spacial score (nSPS) is 17.6. The molecule has 0 saturated carbocycles. The molecule has 1 aliphatic rings. The zero-order chi connectivity index (χ0) is 20.3. The Labute approximate surface area is 163 Å². The van der Waals surface area contributed by atoms with Gasteiger partial charge in [-0.15, -0.1) is 0 Å². The number of halogens is 2. The van der Waals surface area contributed by atoms with Gasteiger partial charge in [0.25, 0.3) is 5.91 Å². The van der Waals surface area contributed by atoms with Gasteiger partial charge in [-0.1, -0.05) is 57.2 Å². The lowest BCUT2D eigenvalue weighted by Crippen LogP contribution is -2.49. The van der Waals surface area contributed by atoms with Gasteiger partial charge in [0, 0.05) is 0 Å². The standard InChI is InChI=1S/C22H24F2N2O2/c1-22(2,3)19(26-20(27)18-16(23)10-7-11-17(18)24)21-25-15(13-28-21)12-14-8-5-4-6-9-14/h4-11,15,19H,12-13H2,1-3H3,(H,26,27)/t15-,19?/m0/s1. The maximum Gasteiger partial charge on any atom is 0.257 e. The number of hydrogen-bond donors (Lipinski definition) is 1. The number of nitrogens with one attached hydrogen (secondary N) is 1. The highest BCUT2D eigenvalue weighted by atomic mass is 19.1. The predicted octanol–water partition coefficient (Wildman–Crippen LogP) is 4.15. The fraction of sp³-hybridized carbons (Fsp3) is 0.364. The Hall–Kier alpha value is -2.76. The first kappa shape index (κ1) is 20.0. The van der Waals surface area contributed by atoms with Crippen molar-refractivity contribution in [3.05, 3.63) is 71.3 Å². The molecule has 1 amide bonds. The molecule has 2 atom stereocenters. The molecule has 0 aliphatic carbocycles. The van der Waals surface area contributed by atoms with E-state index in [4.69, 9.17) is 4.74 Å². The molecule has 0 bridgehead atoms. The molecule has 3 rings (SSSR count). The molecular formula is C22H24F2N2O2. The molecule has 2 aromatic rings. The van der Waals surface area contributed by atoms with E-state index >= 15 is 0 Å². The molecule has 1 heterocycles. The van der Waals surface area contributed by atoms with Gasteiger partial charge in [-0.3, -0.25) is 4.79 Å². The van der Waals surface area contributed by atoms with E-state index < -0.39 is 34.6 Å². The van der Waals surface area contributed by atoms with Gasteiger partial charge in [-0.25, -0.2) is 13.8 Å². The highest BCUT2D eigenvalue weighted by molar-refractivity contribution is 5.98.